The van der Waals surface area contributed by atoms with Crippen molar-refractivity contribution >= 4 is 17.1 Å². The summed E-state index contributed by atoms with van der Waals surface area (Å²) in [7, 11) is 0. The Morgan fingerprint density at radius 2 is 1.86 bits per heavy atom. The van der Waals surface area contributed by atoms with Crippen LogP contribution in [0.5, 0.6) is 0 Å². The highest BCUT2D eigenvalue weighted by Crippen LogP contribution is 2.33. The van der Waals surface area contributed by atoms with Crippen LogP contribution in [-0.2, 0) is 0 Å². The third kappa shape index (κ3) is 2.40. The summed E-state index contributed by atoms with van der Waals surface area (Å²) in [5.74, 6) is 0. The molecule has 1 aliphatic rings. The second-order valence-electron chi connectivity index (χ2n) is 4.85. The Hall–Kier alpha value is -3.20. The van der Waals surface area contributed by atoms with Gasteiger partial charge in [0, 0.05) is 12.5 Å². The molecule has 0 saturated carbocycles. The highest BCUT2D eigenvalue weighted by Gasteiger charge is 2.32. The van der Waals surface area contributed by atoms with Crippen LogP contribution in [0.1, 0.15) is 12.0 Å². The average molecular weight is 292 g/mol. The van der Waals surface area contributed by atoms with E-state index in [0.717, 1.165) is 11.3 Å². The van der Waals surface area contributed by atoms with Gasteiger partial charge in [0.05, 0.1) is 16.7 Å². The van der Waals surface area contributed by atoms with E-state index in [1.807, 2.05) is 30.3 Å². The Bertz CT molecular complexity index is 780. The molecule has 0 spiro atoms. The summed E-state index contributed by atoms with van der Waals surface area (Å²) >= 11 is 0. The van der Waals surface area contributed by atoms with Gasteiger partial charge in [-0.1, -0.05) is 42.5 Å². The van der Waals surface area contributed by atoms with Crippen LogP contribution < -0.4 is 5.01 Å². The molecule has 108 valence electrons. The highest BCUT2D eigenvalue weighted by atomic mass is 16.6. The molecule has 0 N–H and O–H groups in total. The fraction of sp³-hybridized carbons (Fsp3) is 0.125. The van der Waals surface area contributed by atoms with Gasteiger partial charge in [-0.25, -0.2) is 5.01 Å². The lowest BCUT2D eigenvalue weighted by Crippen LogP contribution is -2.25. The predicted molar refractivity (Wildman–Crippen MR) is 82.6 cm³/mol. The van der Waals surface area contributed by atoms with E-state index < -0.39 is 11.0 Å². The van der Waals surface area contributed by atoms with Crippen LogP contribution in [-0.4, -0.2) is 16.7 Å². The molecule has 2 aromatic rings. The van der Waals surface area contributed by atoms with Gasteiger partial charge in [0.2, 0.25) is 0 Å². The minimum Gasteiger partial charge on any atom is -0.258 e. The van der Waals surface area contributed by atoms with Crippen LogP contribution in [0.25, 0.3) is 0 Å². The lowest BCUT2D eigenvalue weighted by Gasteiger charge is -2.17. The molecule has 1 aliphatic heterocycles. The molecule has 0 unspecified atom stereocenters. The van der Waals surface area contributed by atoms with Crippen molar-refractivity contribution in [3.8, 4) is 6.07 Å². The third-order valence-electron chi connectivity index (χ3n) is 3.49. The van der Waals surface area contributed by atoms with Crippen LogP contribution in [0.2, 0.25) is 0 Å². The van der Waals surface area contributed by atoms with Gasteiger partial charge in [0.25, 0.3) is 5.69 Å². The number of hydrogen-bond donors (Lipinski definition) is 0. The fourth-order valence-corrected chi connectivity index (χ4v) is 2.45. The van der Waals surface area contributed by atoms with Crippen molar-refractivity contribution < 1.29 is 4.92 Å². The first-order valence-electron chi connectivity index (χ1n) is 6.76. The predicted octanol–water partition coefficient (Wildman–Crippen LogP) is 3.10. The summed E-state index contributed by atoms with van der Waals surface area (Å²) in [5, 5.41) is 26.4. The maximum Gasteiger partial charge on any atom is 0.294 e. The molecule has 3 rings (SSSR count). The molecule has 0 amide bonds. The monoisotopic (exact) mass is 292 g/mol. The quantitative estimate of drug-likeness (QED) is 0.643. The number of nitriles is 1. The molecule has 1 heterocycles. The number of rotatable bonds is 3. The Kier molecular flexibility index (Phi) is 3.54. The molecule has 0 radical (unpaired) electrons. The second-order valence-corrected chi connectivity index (χ2v) is 4.85. The SMILES string of the molecule is N#C[C@H]1CC(c2ccccc2)=NN1c1ccccc1[N+](=O)[O-]. The Morgan fingerprint density at radius 1 is 1.18 bits per heavy atom. The second kappa shape index (κ2) is 5.66. The number of benzene rings is 2. The molecule has 6 nitrogen and oxygen atoms in total. The maximum atomic E-state index is 11.2. The first-order chi connectivity index (χ1) is 10.7. The highest BCUT2D eigenvalue weighted by molar-refractivity contribution is 6.03. The molecule has 2 aromatic carbocycles. The molecule has 6 heteroatoms. The molecule has 0 fully saturated rings. The lowest BCUT2D eigenvalue weighted by atomic mass is 10.0. The zero-order chi connectivity index (χ0) is 15.5. The van der Waals surface area contributed by atoms with Crippen LogP contribution in [0, 0.1) is 21.4 Å². The molecule has 0 bridgehead atoms. The number of para-hydroxylation sites is 2. The standard InChI is InChI=1S/C16H12N4O2/c17-11-13-10-14(12-6-2-1-3-7-12)18-19(13)15-8-4-5-9-16(15)20(21)22/h1-9,13H,10H2/t13-/m1/s1. The van der Waals surface area contributed by atoms with Crippen LogP contribution in [0.4, 0.5) is 11.4 Å². The van der Waals surface area contributed by atoms with Crippen LogP contribution >= 0.6 is 0 Å². The van der Waals surface area contributed by atoms with E-state index >= 15 is 0 Å². The van der Waals surface area contributed by atoms with E-state index in [0.29, 0.717) is 12.1 Å². The van der Waals surface area contributed by atoms with Crippen LogP contribution in [0.15, 0.2) is 59.7 Å². The smallest absolute Gasteiger partial charge is 0.258 e. The number of anilines is 1. The molecule has 0 aliphatic carbocycles. The number of nitro groups is 1. The first kappa shape index (κ1) is 13.8. The lowest BCUT2D eigenvalue weighted by molar-refractivity contribution is -0.384. The number of hydrogen-bond acceptors (Lipinski definition) is 5. The number of hydrazone groups is 1. The zero-order valence-corrected chi connectivity index (χ0v) is 11.6. The molecule has 0 saturated heterocycles. The van der Waals surface area contributed by atoms with Crippen molar-refractivity contribution in [2.24, 2.45) is 5.10 Å². The van der Waals surface area contributed by atoms with Gasteiger partial charge in [0.15, 0.2) is 0 Å². The summed E-state index contributed by atoms with van der Waals surface area (Å²) in [6.07, 6.45) is 0.437. The summed E-state index contributed by atoms with van der Waals surface area (Å²) < 4.78 is 0. The summed E-state index contributed by atoms with van der Waals surface area (Å²) in [6, 6.07) is 17.5. The van der Waals surface area contributed by atoms with E-state index in [1.165, 1.54) is 11.1 Å². The van der Waals surface area contributed by atoms with E-state index in [4.69, 9.17) is 0 Å². The molecule has 1 atom stereocenters. The largest absolute Gasteiger partial charge is 0.294 e. The minimum absolute atomic E-state index is 0.0548. The summed E-state index contributed by atoms with van der Waals surface area (Å²) in [4.78, 5) is 10.7. The van der Waals surface area contributed by atoms with Crippen molar-refractivity contribution in [2.75, 3.05) is 5.01 Å². The normalized spacial score (nSPS) is 17.0. The maximum absolute atomic E-state index is 11.2. The van der Waals surface area contributed by atoms with Crippen molar-refractivity contribution in [2.45, 2.75) is 12.5 Å². The van der Waals surface area contributed by atoms with Gasteiger partial charge in [0.1, 0.15) is 11.7 Å². The van der Waals surface area contributed by atoms with Gasteiger partial charge in [-0.15, -0.1) is 0 Å². The van der Waals surface area contributed by atoms with Crippen molar-refractivity contribution in [3.63, 3.8) is 0 Å². The van der Waals surface area contributed by atoms with Crippen molar-refractivity contribution in [1.29, 1.82) is 5.26 Å². The zero-order valence-electron chi connectivity index (χ0n) is 11.6. The minimum atomic E-state index is -0.545. The number of nitro benzene ring substituents is 1. The average Bonchev–Trinajstić information content (AvgIpc) is 3.00. The van der Waals surface area contributed by atoms with E-state index in [1.54, 1.807) is 18.2 Å². The molecular formula is C16H12N4O2. The van der Waals surface area contributed by atoms with Gasteiger partial charge < -0.3 is 0 Å². The van der Waals surface area contributed by atoms with E-state index in [-0.39, 0.29) is 5.69 Å². The Morgan fingerprint density at radius 3 is 2.55 bits per heavy atom. The fourth-order valence-electron chi connectivity index (χ4n) is 2.45. The molecule has 22 heavy (non-hydrogen) atoms. The molecule has 0 aromatic heterocycles. The van der Waals surface area contributed by atoms with Crippen molar-refractivity contribution in [3.05, 3.63) is 70.3 Å². The summed E-state index contributed by atoms with van der Waals surface area (Å²) in [6.45, 7) is 0. The summed E-state index contributed by atoms with van der Waals surface area (Å²) in [5.41, 5.74) is 1.96. The first-order valence-corrected chi connectivity index (χ1v) is 6.76. The van der Waals surface area contributed by atoms with Gasteiger partial charge in [-0.3, -0.25) is 10.1 Å². The van der Waals surface area contributed by atoms with Crippen molar-refractivity contribution in [1.82, 2.24) is 0 Å². The van der Waals surface area contributed by atoms with E-state index in [9.17, 15) is 15.4 Å². The Balaban J connectivity index is 2.04. The molecular weight excluding hydrogens is 280 g/mol. The Labute approximate surface area is 127 Å². The topological polar surface area (TPSA) is 82.5 Å². The third-order valence-corrected chi connectivity index (χ3v) is 3.49. The van der Waals surface area contributed by atoms with Gasteiger partial charge >= 0.3 is 0 Å². The van der Waals surface area contributed by atoms with Gasteiger partial charge in [-0.2, -0.15) is 10.4 Å². The van der Waals surface area contributed by atoms with Gasteiger partial charge in [-0.05, 0) is 11.6 Å². The van der Waals surface area contributed by atoms with E-state index in [2.05, 4.69) is 11.2 Å². The van der Waals surface area contributed by atoms with Crippen LogP contribution in [0.3, 0.4) is 0 Å². The number of nitrogens with zero attached hydrogens (tertiary/aromatic N) is 4.